The summed E-state index contributed by atoms with van der Waals surface area (Å²) < 4.78 is 5.36. The molecule has 3 heteroatoms. The van der Waals surface area contributed by atoms with Crippen molar-refractivity contribution >= 4 is 11.8 Å². The summed E-state index contributed by atoms with van der Waals surface area (Å²) in [5.41, 5.74) is 1.09. The summed E-state index contributed by atoms with van der Waals surface area (Å²) in [4.78, 5) is 23.5. The molecule has 0 fully saturated rings. The van der Waals surface area contributed by atoms with Crippen LogP contribution in [-0.4, -0.2) is 17.9 Å². The summed E-state index contributed by atoms with van der Waals surface area (Å²) in [6.07, 6.45) is 8.24. The Balaban J connectivity index is 2.37. The van der Waals surface area contributed by atoms with E-state index < -0.39 is 0 Å². The number of allylic oxidation sites excluding steroid dienone is 3. The Hall–Kier alpha value is -1.64. The van der Waals surface area contributed by atoms with E-state index in [9.17, 15) is 9.59 Å². The molecule has 0 radical (unpaired) electrons. The maximum atomic E-state index is 11.8. The van der Waals surface area contributed by atoms with Gasteiger partial charge >= 0.3 is 5.97 Å². The summed E-state index contributed by atoms with van der Waals surface area (Å²) >= 11 is 0. The predicted octanol–water partition coefficient (Wildman–Crippen LogP) is 2.73. The lowest BCUT2D eigenvalue weighted by Crippen LogP contribution is -2.27. The summed E-state index contributed by atoms with van der Waals surface area (Å²) in [7, 11) is 0. The van der Waals surface area contributed by atoms with Gasteiger partial charge in [-0.2, -0.15) is 0 Å². The van der Waals surface area contributed by atoms with Gasteiger partial charge in [0.15, 0.2) is 5.78 Å². The van der Waals surface area contributed by atoms with E-state index in [0.717, 1.165) is 11.1 Å². The minimum Gasteiger partial charge on any atom is -0.454 e. The smallest absolute Gasteiger partial charge is 0.334 e. The van der Waals surface area contributed by atoms with Crippen LogP contribution in [-0.2, 0) is 14.3 Å². The molecule has 1 aliphatic carbocycles. The molecule has 0 spiro atoms. The summed E-state index contributed by atoms with van der Waals surface area (Å²) in [5, 5.41) is 0. The van der Waals surface area contributed by atoms with Crippen LogP contribution >= 0.6 is 0 Å². The lowest BCUT2D eigenvalue weighted by Gasteiger charge is -2.25. The van der Waals surface area contributed by atoms with Crippen molar-refractivity contribution in [2.45, 2.75) is 39.7 Å². The standard InChI is InChI=1S/C15H18O3/c1-10-5-4-6-11-9-13(18-14(11)17)15(2,3)8-7-12(10)16/h5,7-9,13H,4,6H2,1-3H3/b8-7+,10-5+/t13-/m0/s1. The van der Waals surface area contributed by atoms with Crippen LogP contribution in [0.15, 0.2) is 35.5 Å². The fraction of sp³-hybridized carbons (Fsp3) is 0.467. The zero-order valence-corrected chi connectivity index (χ0v) is 11.0. The van der Waals surface area contributed by atoms with Crippen molar-refractivity contribution in [2.24, 2.45) is 5.41 Å². The van der Waals surface area contributed by atoms with Crippen LogP contribution in [0.5, 0.6) is 0 Å². The molecule has 0 aromatic rings. The average molecular weight is 246 g/mol. The van der Waals surface area contributed by atoms with E-state index in [-0.39, 0.29) is 23.3 Å². The van der Waals surface area contributed by atoms with Gasteiger partial charge in [-0.25, -0.2) is 4.79 Å². The van der Waals surface area contributed by atoms with Gasteiger partial charge in [0.05, 0.1) is 0 Å². The third-order valence-electron chi connectivity index (χ3n) is 3.50. The van der Waals surface area contributed by atoms with Crippen LogP contribution in [0.3, 0.4) is 0 Å². The molecule has 1 heterocycles. The third kappa shape index (κ3) is 2.45. The van der Waals surface area contributed by atoms with Crippen LogP contribution in [0.25, 0.3) is 0 Å². The summed E-state index contributed by atoms with van der Waals surface area (Å²) in [5.74, 6) is -0.198. The van der Waals surface area contributed by atoms with E-state index in [0.29, 0.717) is 12.8 Å². The Morgan fingerprint density at radius 2 is 2.06 bits per heavy atom. The SMILES string of the molecule is C/C1=C\CCC2=C[C@H](OC2=O)C(C)(C)/C=C/C1=O. The summed E-state index contributed by atoms with van der Waals surface area (Å²) in [6, 6.07) is 0. The first-order chi connectivity index (χ1) is 8.40. The Kier molecular flexibility index (Phi) is 3.24. The molecule has 0 N–H and O–H groups in total. The molecule has 0 unspecified atom stereocenters. The largest absolute Gasteiger partial charge is 0.454 e. The van der Waals surface area contributed by atoms with Crippen molar-refractivity contribution in [1.82, 2.24) is 0 Å². The van der Waals surface area contributed by atoms with Crippen LogP contribution < -0.4 is 0 Å². The van der Waals surface area contributed by atoms with Gasteiger partial charge in [-0.05, 0) is 37.5 Å². The molecule has 1 atom stereocenters. The van der Waals surface area contributed by atoms with Crippen molar-refractivity contribution < 1.29 is 14.3 Å². The number of ether oxygens (including phenoxy) is 1. The number of fused-ring (bicyclic) bond motifs is 1. The molecule has 1 aliphatic heterocycles. The molecule has 3 nitrogen and oxygen atoms in total. The lowest BCUT2D eigenvalue weighted by atomic mass is 9.85. The van der Waals surface area contributed by atoms with Crippen molar-refractivity contribution in [2.75, 3.05) is 0 Å². The van der Waals surface area contributed by atoms with Gasteiger partial charge in [-0.1, -0.05) is 26.0 Å². The number of hydrogen-bond acceptors (Lipinski definition) is 3. The second kappa shape index (κ2) is 4.56. The van der Waals surface area contributed by atoms with Crippen LogP contribution in [0.2, 0.25) is 0 Å². The molecule has 0 aromatic heterocycles. The molecule has 0 saturated carbocycles. The van der Waals surface area contributed by atoms with E-state index >= 15 is 0 Å². The van der Waals surface area contributed by atoms with E-state index in [2.05, 4.69) is 0 Å². The third-order valence-corrected chi connectivity index (χ3v) is 3.50. The Morgan fingerprint density at radius 3 is 2.78 bits per heavy atom. The average Bonchev–Trinajstić information content (AvgIpc) is 2.67. The van der Waals surface area contributed by atoms with Gasteiger partial charge in [-0.15, -0.1) is 0 Å². The van der Waals surface area contributed by atoms with Crippen molar-refractivity contribution in [3.8, 4) is 0 Å². The molecule has 2 bridgehead atoms. The summed E-state index contributed by atoms with van der Waals surface area (Å²) in [6.45, 7) is 5.73. The zero-order chi connectivity index (χ0) is 13.3. The molecule has 2 rings (SSSR count). The molecular formula is C15H18O3. The number of esters is 1. The maximum Gasteiger partial charge on any atom is 0.334 e. The van der Waals surface area contributed by atoms with Gasteiger partial charge in [0.25, 0.3) is 0 Å². The molecule has 0 aromatic carbocycles. The van der Waals surface area contributed by atoms with Gasteiger partial charge in [0.2, 0.25) is 0 Å². The van der Waals surface area contributed by atoms with Crippen LogP contribution in [0, 0.1) is 5.41 Å². The van der Waals surface area contributed by atoms with Crippen molar-refractivity contribution in [3.63, 3.8) is 0 Å². The molecule has 0 saturated heterocycles. The van der Waals surface area contributed by atoms with E-state index in [1.807, 2.05) is 39.0 Å². The first-order valence-electron chi connectivity index (χ1n) is 6.22. The maximum absolute atomic E-state index is 11.8. The Morgan fingerprint density at radius 1 is 1.33 bits per heavy atom. The number of rotatable bonds is 0. The topological polar surface area (TPSA) is 43.4 Å². The fourth-order valence-electron chi connectivity index (χ4n) is 2.09. The molecule has 2 aliphatic rings. The monoisotopic (exact) mass is 246 g/mol. The van der Waals surface area contributed by atoms with Gasteiger partial charge in [0, 0.05) is 11.0 Å². The van der Waals surface area contributed by atoms with Crippen LogP contribution in [0.4, 0.5) is 0 Å². The highest BCUT2D eigenvalue weighted by Gasteiger charge is 2.35. The van der Waals surface area contributed by atoms with E-state index in [1.165, 1.54) is 0 Å². The quantitative estimate of drug-likeness (QED) is 0.617. The number of hydrogen-bond donors (Lipinski definition) is 0. The zero-order valence-electron chi connectivity index (χ0n) is 11.0. The number of carbonyl (C=O) groups is 2. The molecule has 96 valence electrons. The second-order valence-corrected chi connectivity index (χ2v) is 5.46. The van der Waals surface area contributed by atoms with Crippen molar-refractivity contribution in [3.05, 3.63) is 35.5 Å². The highest BCUT2D eigenvalue weighted by Crippen LogP contribution is 2.33. The number of ketones is 1. The van der Waals surface area contributed by atoms with Gasteiger partial charge in [0.1, 0.15) is 6.10 Å². The highest BCUT2D eigenvalue weighted by atomic mass is 16.5. The lowest BCUT2D eigenvalue weighted by molar-refractivity contribution is -0.142. The van der Waals surface area contributed by atoms with E-state index in [4.69, 9.17) is 4.74 Å². The number of carbonyl (C=O) groups excluding carboxylic acids is 2. The van der Waals surface area contributed by atoms with Crippen molar-refractivity contribution in [1.29, 1.82) is 0 Å². The minimum absolute atomic E-state index is 0.0252. The van der Waals surface area contributed by atoms with Crippen LogP contribution in [0.1, 0.15) is 33.6 Å². The highest BCUT2D eigenvalue weighted by molar-refractivity contribution is 6.03. The molecule has 18 heavy (non-hydrogen) atoms. The Labute approximate surface area is 107 Å². The Bertz CT molecular complexity index is 478. The minimum atomic E-state index is -0.363. The fourth-order valence-corrected chi connectivity index (χ4v) is 2.09. The molecular weight excluding hydrogens is 228 g/mol. The first-order valence-corrected chi connectivity index (χ1v) is 6.22. The normalized spacial score (nSPS) is 31.8. The van der Waals surface area contributed by atoms with Gasteiger partial charge in [-0.3, -0.25) is 4.79 Å². The van der Waals surface area contributed by atoms with Gasteiger partial charge < -0.3 is 4.74 Å². The molecule has 0 amide bonds. The first kappa shape index (κ1) is 12.8. The van der Waals surface area contributed by atoms with E-state index in [1.54, 1.807) is 6.08 Å². The second-order valence-electron chi connectivity index (χ2n) is 5.46. The predicted molar refractivity (Wildman–Crippen MR) is 68.9 cm³/mol.